The second-order valence-electron chi connectivity index (χ2n) is 3.57. The molecule has 0 heterocycles. The molecule has 17 heavy (non-hydrogen) atoms. The van der Waals surface area contributed by atoms with E-state index in [9.17, 15) is 9.59 Å². The topological polar surface area (TPSA) is 90.3 Å². The Morgan fingerprint density at radius 2 is 2.00 bits per heavy atom. The van der Waals surface area contributed by atoms with Gasteiger partial charge >= 0.3 is 6.09 Å². The van der Waals surface area contributed by atoms with Crippen molar-refractivity contribution in [1.82, 2.24) is 5.32 Å². The Kier molecular flexibility index (Phi) is 4.87. The largest absolute Gasteiger partial charge is 0.465 e. The molecule has 1 unspecified atom stereocenters. The van der Waals surface area contributed by atoms with Crippen LogP contribution in [0.2, 0.25) is 0 Å². The fourth-order valence-corrected chi connectivity index (χ4v) is 1.49. The molecule has 1 aromatic rings. The highest BCUT2D eigenvalue weighted by atomic mass is 16.4. The van der Waals surface area contributed by atoms with Gasteiger partial charge in [-0.15, -0.1) is 0 Å². The first-order chi connectivity index (χ1) is 8.13. The Bertz CT molecular complexity index is 403. The van der Waals surface area contributed by atoms with Crippen LogP contribution in [0.5, 0.6) is 0 Å². The number of carbonyl (C=O) groups is 2. The van der Waals surface area contributed by atoms with Gasteiger partial charge in [-0.05, 0) is 18.4 Å². The molecule has 0 aliphatic heterocycles. The highest BCUT2D eigenvalue weighted by Gasteiger charge is 2.18. The Balaban J connectivity index is 2.58. The van der Waals surface area contributed by atoms with Crippen molar-refractivity contribution in [3.8, 4) is 0 Å². The molecule has 1 atom stereocenters. The predicted octanol–water partition coefficient (Wildman–Crippen LogP) is 1.47. The lowest BCUT2D eigenvalue weighted by atomic mass is 10.0. The third-order valence-corrected chi connectivity index (χ3v) is 2.35. The Morgan fingerprint density at radius 1 is 1.35 bits per heavy atom. The van der Waals surface area contributed by atoms with Gasteiger partial charge in [-0.1, -0.05) is 30.3 Å². The number of nitrogens with one attached hydrogen (secondary N) is 2. The zero-order valence-corrected chi connectivity index (χ0v) is 9.22. The number of carbonyl (C=O) groups excluding carboxylic acids is 1. The van der Waals surface area contributed by atoms with E-state index in [4.69, 9.17) is 10.5 Å². The number of carboxylic acid groups (broad SMARTS) is 1. The van der Waals surface area contributed by atoms with Gasteiger partial charge in [-0.25, -0.2) is 4.79 Å². The van der Waals surface area contributed by atoms with Crippen molar-refractivity contribution < 1.29 is 14.7 Å². The Labute approximate surface area is 99.0 Å². The summed E-state index contributed by atoms with van der Waals surface area (Å²) in [5, 5.41) is 17.6. The summed E-state index contributed by atoms with van der Waals surface area (Å²) in [4.78, 5) is 21.8. The summed E-state index contributed by atoms with van der Waals surface area (Å²) in [6.45, 7) is 0. The molecule has 0 saturated carbocycles. The third-order valence-electron chi connectivity index (χ3n) is 2.35. The van der Waals surface area contributed by atoms with Crippen LogP contribution in [0.1, 0.15) is 12.0 Å². The fraction of sp³-hybridized carbons (Fsp3) is 0.250. The standard InChI is InChI=1S/C12H14N2O3/c13-8-11(15)10(14-12(16)17)7-6-9-4-2-1-3-5-9/h1-5,8,10,13-14H,6-7H2,(H,16,17). The molecule has 0 aliphatic rings. The van der Waals surface area contributed by atoms with Crippen LogP contribution in [0.4, 0.5) is 4.79 Å². The Hall–Kier alpha value is -2.17. The molecule has 90 valence electrons. The molecular weight excluding hydrogens is 220 g/mol. The van der Waals surface area contributed by atoms with Crippen LogP contribution >= 0.6 is 0 Å². The first-order valence-corrected chi connectivity index (χ1v) is 5.21. The average molecular weight is 234 g/mol. The van der Waals surface area contributed by atoms with E-state index >= 15 is 0 Å². The van der Waals surface area contributed by atoms with Crippen LogP contribution in [-0.2, 0) is 11.2 Å². The van der Waals surface area contributed by atoms with Crippen LogP contribution in [-0.4, -0.2) is 29.2 Å². The summed E-state index contributed by atoms with van der Waals surface area (Å²) >= 11 is 0. The zero-order valence-electron chi connectivity index (χ0n) is 9.22. The summed E-state index contributed by atoms with van der Waals surface area (Å²) in [6, 6.07) is 8.63. The van der Waals surface area contributed by atoms with Gasteiger partial charge in [0.2, 0.25) is 0 Å². The predicted molar refractivity (Wildman–Crippen MR) is 63.5 cm³/mol. The van der Waals surface area contributed by atoms with E-state index in [1.165, 1.54) is 0 Å². The van der Waals surface area contributed by atoms with Gasteiger partial charge in [0.15, 0.2) is 5.78 Å². The minimum absolute atomic E-state index is 0.352. The minimum Gasteiger partial charge on any atom is -0.465 e. The summed E-state index contributed by atoms with van der Waals surface area (Å²) < 4.78 is 0. The number of amides is 1. The molecule has 0 fully saturated rings. The van der Waals surface area contributed by atoms with Crippen molar-refractivity contribution in [3.63, 3.8) is 0 Å². The maximum atomic E-state index is 11.3. The molecule has 3 N–H and O–H groups in total. The van der Waals surface area contributed by atoms with Crippen LogP contribution in [0.25, 0.3) is 0 Å². The highest BCUT2D eigenvalue weighted by molar-refractivity contribution is 6.29. The maximum absolute atomic E-state index is 11.3. The number of rotatable bonds is 6. The molecule has 5 heteroatoms. The Morgan fingerprint density at radius 3 is 2.53 bits per heavy atom. The normalized spacial score (nSPS) is 11.5. The maximum Gasteiger partial charge on any atom is 0.405 e. The van der Waals surface area contributed by atoms with Crippen molar-refractivity contribution in [3.05, 3.63) is 35.9 Å². The van der Waals surface area contributed by atoms with Crippen molar-refractivity contribution >= 4 is 18.1 Å². The summed E-state index contributed by atoms with van der Waals surface area (Å²) in [5.41, 5.74) is 1.03. The number of Topliss-reactive ketones (excluding diaryl/α,β-unsaturated/α-hetero) is 1. The molecular formula is C12H14N2O3. The van der Waals surface area contributed by atoms with Gasteiger partial charge in [0, 0.05) is 0 Å². The molecule has 1 aromatic carbocycles. The van der Waals surface area contributed by atoms with Gasteiger partial charge in [0.1, 0.15) is 0 Å². The monoisotopic (exact) mass is 234 g/mol. The quantitative estimate of drug-likeness (QED) is 0.651. The van der Waals surface area contributed by atoms with Crippen LogP contribution in [0, 0.1) is 5.41 Å². The van der Waals surface area contributed by atoms with Crippen molar-refractivity contribution in [2.75, 3.05) is 0 Å². The van der Waals surface area contributed by atoms with Crippen LogP contribution < -0.4 is 5.32 Å². The molecule has 0 bridgehead atoms. The van der Waals surface area contributed by atoms with Crippen molar-refractivity contribution in [2.45, 2.75) is 18.9 Å². The van der Waals surface area contributed by atoms with Gasteiger partial charge in [-0.2, -0.15) is 0 Å². The van der Waals surface area contributed by atoms with Crippen LogP contribution in [0.3, 0.4) is 0 Å². The summed E-state index contributed by atoms with van der Waals surface area (Å²) in [7, 11) is 0. The van der Waals surface area contributed by atoms with Crippen LogP contribution in [0.15, 0.2) is 30.3 Å². The molecule has 0 aromatic heterocycles. The van der Waals surface area contributed by atoms with E-state index < -0.39 is 17.9 Å². The van der Waals surface area contributed by atoms with E-state index in [2.05, 4.69) is 5.32 Å². The molecule has 1 amide bonds. The molecule has 1 rings (SSSR count). The third kappa shape index (κ3) is 4.46. The van der Waals surface area contributed by atoms with E-state index in [-0.39, 0.29) is 0 Å². The second kappa shape index (κ2) is 6.42. The molecule has 0 spiro atoms. The second-order valence-corrected chi connectivity index (χ2v) is 3.57. The lowest BCUT2D eigenvalue weighted by Crippen LogP contribution is -2.40. The minimum atomic E-state index is -1.25. The fourth-order valence-electron chi connectivity index (χ4n) is 1.49. The summed E-state index contributed by atoms with van der Waals surface area (Å²) in [6.07, 6.45) is 0.333. The number of aryl methyl sites for hydroxylation is 1. The number of hydrogen-bond donors (Lipinski definition) is 3. The number of ketones is 1. The number of benzene rings is 1. The van der Waals surface area contributed by atoms with Crippen molar-refractivity contribution in [1.29, 1.82) is 5.41 Å². The van der Waals surface area contributed by atoms with E-state index in [0.29, 0.717) is 19.1 Å². The van der Waals surface area contributed by atoms with Crippen molar-refractivity contribution in [2.24, 2.45) is 0 Å². The van der Waals surface area contributed by atoms with E-state index in [0.717, 1.165) is 5.56 Å². The lowest BCUT2D eigenvalue weighted by molar-refractivity contribution is -0.114. The van der Waals surface area contributed by atoms with E-state index in [1.807, 2.05) is 30.3 Å². The number of hydrogen-bond acceptors (Lipinski definition) is 3. The SMILES string of the molecule is N=CC(=O)C(CCc1ccccc1)NC(=O)O. The van der Waals surface area contributed by atoms with Gasteiger partial charge in [0.25, 0.3) is 0 Å². The molecule has 0 aliphatic carbocycles. The first kappa shape index (κ1) is 12.9. The smallest absolute Gasteiger partial charge is 0.405 e. The molecule has 0 saturated heterocycles. The zero-order chi connectivity index (χ0) is 12.7. The molecule has 0 radical (unpaired) electrons. The van der Waals surface area contributed by atoms with Gasteiger partial charge < -0.3 is 15.8 Å². The highest BCUT2D eigenvalue weighted by Crippen LogP contribution is 2.05. The van der Waals surface area contributed by atoms with Gasteiger partial charge in [-0.3, -0.25) is 4.79 Å². The van der Waals surface area contributed by atoms with E-state index in [1.54, 1.807) is 0 Å². The molecule has 5 nitrogen and oxygen atoms in total. The van der Waals surface area contributed by atoms with Gasteiger partial charge in [0.05, 0.1) is 12.3 Å². The average Bonchev–Trinajstić information content (AvgIpc) is 2.34. The first-order valence-electron chi connectivity index (χ1n) is 5.21. The lowest BCUT2D eigenvalue weighted by Gasteiger charge is -2.13. The summed E-state index contributed by atoms with van der Waals surface area (Å²) in [5.74, 6) is -0.525.